The highest BCUT2D eigenvalue weighted by Crippen LogP contribution is 2.38. The van der Waals surface area contributed by atoms with Crippen LogP contribution in [-0.2, 0) is 42.9 Å². The van der Waals surface area contributed by atoms with E-state index in [1.54, 1.807) is 13.2 Å². The van der Waals surface area contributed by atoms with E-state index in [0.717, 1.165) is 55.3 Å². The lowest BCUT2D eigenvalue weighted by Crippen LogP contribution is -2.55. The molecule has 1 aromatic heterocycles. The molecule has 0 saturated carbocycles. The van der Waals surface area contributed by atoms with Crippen LogP contribution in [-0.4, -0.2) is 61.5 Å². The van der Waals surface area contributed by atoms with Crippen LogP contribution in [0.4, 0.5) is 20.6 Å². The number of anilines is 2. The molecule has 2 amide bonds. The Morgan fingerprint density at radius 2 is 1.86 bits per heavy atom. The number of halogens is 1. The fourth-order valence-electron chi connectivity index (χ4n) is 5.88. The van der Waals surface area contributed by atoms with Crippen molar-refractivity contribution in [2.45, 2.75) is 63.5 Å². The van der Waals surface area contributed by atoms with E-state index >= 15 is 0 Å². The van der Waals surface area contributed by atoms with Gasteiger partial charge in [-0.25, -0.2) is 18.2 Å². The number of hydrogen-bond acceptors (Lipinski definition) is 5. The Morgan fingerprint density at radius 3 is 2.46 bits per heavy atom. The van der Waals surface area contributed by atoms with Crippen LogP contribution in [0.25, 0.3) is 0 Å². The number of amides is 2. The Hall–Kier alpha value is -2.66. The number of aryl methyl sites for hydroxylation is 3. The van der Waals surface area contributed by atoms with Gasteiger partial charge in [0.1, 0.15) is 6.67 Å². The molecule has 1 fully saturated rings. The quantitative estimate of drug-likeness (QED) is 0.630. The first-order chi connectivity index (χ1) is 16.8. The smallest absolute Gasteiger partial charge is 0.307 e. The molecule has 35 heavy (non-hydrogen) atoms. The van der Waals surface area contributed by atoms with Gasteiger partial charge in [-0.3, -0.25) is 4.68 Å². The zero-order valence-electron chi connectivity index (χ0n) is 20.3. The van der Waals surface area contributed by atoms with Crippen LogP contribution in [0, 0.1) is 0 Å². The number of piperidine rings is 1. The van der Waals surface area contributed by atoms with Crippen LogP contribution in [0.1, 0.15) is 47.9 Å². The summed E-state index contributed by atoms with van der Waals surface area (Å²) < 4.78 is 45.8. The lowest BCUT2D eigenvalue weighted by Gasteiger charge is -2.40. The maximum absolute atomic E-state index is 13.6. The van der Waals surface area contributed by atoms with E-state index in [-0.39, 0.29) is 6.04 Å². The molecule has 11 heteroatoms. The lowest BCUT2D eigenvalue weighted by atomic mass is 9.98. The van der Waals surface area contributed by atoms with Gasteiger partial charge < -0.3 is 10.2 Å². The summed E-state index contributed by atoms with van der Waals surface area (Å²) in [7, 11) is -0.744. The van der Waals surface area contributed by atoms with Crippen LogP contribution in [0.5, 0.6) is 0 Å². The van der Waals surface area contributed by atoms with Gasteiger partial charge in [-0.15, -0.1) is 0 Å². The zero-order chi connectivity index (χ0) is 24.7. The van der Waals surface area contributed by atoms with E-state index < -0.39 is 29.0 Å². The first-order valence-electron chi connectivity index (χ1n) is 12.3. The minimum Gasteiger partial charge on any atom is -0.307 e. The predicted molar refractivity (Wildman–Crippen MR) is 133 cm³/mol. The number of rotatable bonds is 6. The zero-order valence-corrected chi connectivity index (χ0v) is 21.1. The summed E-state index contributed by atoms with van der Waals surface area (Å²) in [6.07, 6.45) is 9.69. The molecule has 0 radical (unpaired) electrons. The maximum atomic E-state index is 13.6. The number of fused-ring (bicyclic) bond motifs is 2. The molecule has 2 aromatic rings. The molecule has 2 heterocycles. The fraction of sp³-hybridized carbons (Fsp3) is 0.583. The summed E-state index contributed by atoms with van der Waals surface area (Å²) >= 11 is 0. The van der Waals surface area contributed by atoms with Crippen LogP contribution in [0.3, 0.4) is 0 Å². The van der Waals surface area contributed by atoms with Crippen molar-refractivity contribution in [2.75, 3.05) is 29.9 Å². The van der Waals surface area contributed by atoms with E-state index in [1.807, 2.05) is 11.9 Å². The third-order valence-corrected chi connectivity index (χ3v) is 9.10. The van der Waals surface area contributed by atoms with Crippen LogP contribution in [0.2, 0.25) is 0 Å². The lowest BCUT2D eigenvalue weighted by molar-refractivity contribution is 0.143. The third-order valence-electron chi connectivity index (χ3n) is 7.63. The molecular formula is C24H33FN6O3S. The van der Waals surface area contributed by atoms with E-state index in [0.29, 0.717) is 25.1 Å². The number of carbonyl (C=O) groups excluding carboxylic acids is 1. The van der Waals surface area contributed by atoms with Crippen molar-refractivity contribution in [3.63, 3.8) is 0 Å². The molecular weight excluding hydrogens is 471 g/mol. The summed E-state index contributed by atoms with van der Waals surface area (Å²) in [5, 5.41) is 7.02. The van der Waals surface area contributed by atoms with Crippen LogP contribution >= 0.6 is 0 Å². The Balaban J connectivity index is 1.41. The van der Waals surface area contributed by atoms with Gasteiger partial charge >= 0.3 is 16.2 Å². The monoisotopic (exact) mass is 504 g/mol. The van der Waals surface area contributed by atoms with E-state index in [2.05, 4.69) is 21.2 Å². The molecule has 2 N–H and O–H groups in total. The van der Waals surface area contributed by atoms with Crippen molar-refractivity contribution in [3.05, 3.63) is 40.7 Å². The average Bonchev–Trinajstić information content (AvgIpc) is 3.55. The van der Waals surface area contributed by atoms with Gasteiger partial charge in [-0.2, -0.15) is 13.5 Å². The normalized spacial score (nSPS) is 22.0. The molecule has 9 nitrogen and oxygen atoms in total. The first-order valence-corrected chi connectivity index (χ1v) is 13.8. The number of hydrogen-bond donors (Lipinski definition) is 2. The topological polar surface area (TPSA) is 99.6 Å². The first kappa shape index (κ1) is 24.1. The standard InChI is InChI=1S/C24H33FN6O3S/c1-29-10-9-18(12-19(29)13-25)31(20-14-26-30(2)15-20)35(33,34)28-24(32)27-23-21-7-3-5-16(21)11-17-6-4-8-22(17)23/h11,14-15,18-19H,3-10,12-13H2,1-2H3,(H2,27,28,32). The minimum absolute atomic E-state index is 0.324. The number of benzene rings is 1. The molecule has 1 saturated heterocycles. The molecule has 5 rings (SSSR count). The van der Waals surface area contributed by atoms with Gasteiger partial charge in [0.05, 0.1) is 11.9 Å². The molecule has 2 unspecified atom stereocenters. The molecule has 190 valence electrons. The summed E-state index contributed by atoms with van der Waals surface area (Å²) in [5.41, 5.74) is 5.90. The van der Waals surface area contributed by atoms with E-state index in [1.165, 1.54) is 26.3 Å². The highest BCUT2D eigenvalue weighted by molar-refractivity contribution is 7.91. The van der Waals surface area contributed by atoms with Gasteiger partial charge in [0.25, 0.3) is 0 Å². The summed E-state index contributed by atoms with van der Waals surface area (Å²) in [6, 6.07) is 0.608. The molecule has 2 aliphatic carbocycles. The highest BCUT2D eigenvalue weighted by Gasteiger charge is 2.38. The Kier molecular flexibility index (Phi) is 6.47. The number of nitrogens with zero attached hydrogens (tertiary/aromatic N) is 4. The maximum Gasteiger partial charge on any atom is 0.334 e. The molecule has 3 aliphatic rings. The highest BCUT2D eigenvalue weighted by atomic mass is 32.2. The molecule has 1 aromatic carbocycles. The second-order valence-electron chi connectivity index (χ2n) is 9.93. The largest absolute Gasteiger partial charge is 0.334 e. The number of aromatic nitrogens is 2. The van der Waals surface area contributed by atoms with Gasteiger partial charge in [0, 0.05) is 37.6 Å². The molecule has 0 spiro atoms. The summed E-state index contributed by atoms with van der Waals surface area (Å²) in [5.74, 6) is 0. The number of carbonyl (C=O) groups is 1. The van der Waals surface area contributed by atoms with Crippen molar-refractivity contribution in [2.24, 2.45) is 7.05 Å². The molecule has 0 bridgehead atoms. The second kappa shape index (κ2) is 9.42. The van der Waals surface area contributed by atoms with Gasteiger partial charge in [0.15, 0.2) is 0 Å². The Labute approximate surface area is 205 Å². The minimum atomic E-state index is -4.28. The number of likely N-dealkylation sites (tertiary alicyclic amines) is 1. The average molecular weight is 505 g/mol. The summed E-state index contributed by atoms with van der Waals surface area (Å²) in [4.78, 5) is 15.0. The van der Waals surface area contributed by atoms with Crippen molar-refractivity contribution in [3.8, 4) is 0 Å². The number of nitrogens with one attached hydrogen (secondary N) is 2. The molecule has 1 aliphatic heterocycles. The van der Waals surface area contributed by atoms with Crippen molar-refractivity contribution in [1.29, 1.82) is 0 Å². The van der Waals surface area contributed by atoms with Crippen LogP contribution < -0.4 is 14.3 Å². The molecule has 2 atom stereocenters. The number of alkyl halides is 1. The van der Waals surface area contributed by atoms with Crippen molar-refractivity contribution < 1.29 is 17.6 Å². The second-order valence-corrected chi connectivity index (χ2v) is 11.5. The fourth-order valence-corrected chi connectivity index (χ4v) is 7.22. The van der Waals surface area contributed by atoms with Crippen molar-refractivity contribution >= 4 is 27.6 Å². The predicted octanol–water partition coefficient (Wildman–Crippen LogP) is 2.70. The van der Waals surface area contributed by atoms with Gasteiger partial charge in [-0.1, -0.05) is 6.07 Å². The Morgan fingerprint density at radius 1 is 1.17 bits per heavy atom. The van der Waals surface area contributed by atoms with Crippen LogP contribution in [0.15, 0.2) is 18.5 Å². The van der Waals surface area contributed by atoms with Crippen molar-refractivity contribution in [1.82, 2.24) is 19.4 Å². The third kappa shape index (κ3) is 4.63. The Bertz CT molecular complexity index is 1200. The van der Waals surface area contributed by atoms with E-state index in [9.17, 15) is 17.6 Å². The SMILES string of the molecule is CN1CCC(N(c2cnn(C)c2)S(=O)(=O)NC(=O)Nc2c3c(cc4c2CCC4)CCC3)CC1CF. The van der Waals surface area contributed by atoms with E-state index in [4.69, 9.17) is 0 Å². The van der Waals surface area contributed by atoms with Gasteiger partial charge in [0.2, 0.25) is 0 Å². The number of urea groups is 1. The summed E-state index contributed by atoms with van der Waals surface area (Å²) in [6.45, 7) is -0.00785. The van der Waals surface area contributed by atoms with Gasteiger partial charge in [-0.05, 0) is 80.7 Å².